The standard InChI is InChI=1S/C14H13Cl2N3O/c1-9-3-5-11(19(9)2)8-17-18-14(20)12-6-4-10(15)7-13(12)16/h3-8H,1-2H3,(H,18,20)/b17-8+. The summed E-state index contributed by atoms with van der Waals surface area (Å²) in [6.07, 6.45) is 1.58. The van der Waals surface area contributed by atoms with Crippen LogP contribution < -0.4 is 5.43 Å². The van der Waals surface area contributed by atoms with Crippen molar-refractivity contribution in [1.29, 1.82) is 0 Å². The minimum atomic E-state index is -0.381. The van der Waals surface area contributed by atoms with E-state index in [2.05, 4.69) is 10.5 Å². The average Bonchev–Trinajstić information content (AvgIpc) is 2.70. The molecule has 6 heteroatoms. The van der Waals surface area contributed by atoms with Gasteiger partial charge in [0.2, 0.25) is 0 Å². The first kappa shape index (κ1) is 14.6. The lowest BCUT2D eigenvalue weighted by Crippen LogP contribution is -2.18. The van der Waals surface area contributed by atoms with Gasteiger partial charge in [0.15, 0.2) is 0 Å². The van der Waals surface area contributed by atoms with Crippen LogP contribution in [0.15, 0.2) is 35.4 Å². The van der Waals surface area contributed by atoms with Crippen molar-refractivity contribution < 1.29 is 4.79 Å². The second kappa shape index (κ2) is 6.11. The summed E-state index contributed by atoms with van der Waals surface area (Å²) in [7, 11) is 1.93. The number of halogens is 2. The van der Waals surface area contributed by atoms with Gasteiger partial charge in [-0.05, 0) is 37.3 Å². The molecule has 104 valence electrons. The van der Waals surface area contributed by atoms with Gasteiger partial charge in [-0.1, -0.05) is 23.2 Å². The van der Waals surface area contributed by atoms with Crippen LogP contribution in [0.4, 0.5) is 0 Å². The summed E-state index contributed by atoms with van der Waals surface area (Å²) in [5.41, 5.74) is 4.77. The van der Waals surface area contributed by atoms with Crippen LogP contribution in [-0.2, 0) is 7.05 Å². The van der Waals surface area contributed by atoms with Crippen molar-refractivity contribution in [3.8, 4) is 0 Å². The Morgan fingerprint density at radius 1 is 1.30 bits per heavy atom. The van der Waals surface area contributed by atoms with E-state index in [0.717, 1.165) is 11.4 Å². The lowest BCUT2D eigenvalue weighted by Gasteiger charge is -2.03. The average molecular weight is 310 g/mol. The number of nitrogens with one attached hydrogen (secondary N) is 1. The maximum Gasteiger partial charge on any atom is 0.272 e. The third kappa shape index (κ3) is 3.21. The molecule has 0 aliphatic rings. The molecule has 0 aliphatic carbocycles. The molecule has 1 N–H and O–H groups in total. The molecule has 0 saturated carbocycles. The molecule has 0 spiro atoms. The molecule has 1 amide bonds. The van der Waals surface area contributed by atoms with Crippen LogP contribution in [0.3, 0.4) is 0 Å². The number of rotatable bonds is 3. The van der Waals surface area contributed by atoms with Gasteiger partial charge in [-0.15, -0.1) is 0 Å². The van der Waals surface area contributed by atoms with Crippen LogP contribution in [0.1, 0.15) is 21.7 Å². The summed E-state index contributed by atoms with van der Waals surface area (Å²) in [6, 6.07) is 8.57. The number of carbonyl (C=O) groups is 1. The van der Waals surface area contributed by atoms with E-state index in [0.29, 0.717) is 15.6 Å². The molecule has 0 unspecified atom stereocenters. The number of benzene rings is 1. The van der Waals surface area contributed by atoms with E-state index in [1.807, 2.05) is 30.7 Å². The Bertz CT molecular complexity index is 677. The fourth-order valence-corrected chi connectivity index (χ4v) is 2.15. The quantitative estimate of drug-likeness (QED) is 0.685. The molecule has 0 bridgehead atoms. The summed E-state index contributed by atoms with van der Waals surface area (Å²) in [5.74, 6) is -0.381. The number of hydrazone groups is 1. The van der Waals surface area contributed by atoms with Crippen molar-refractivity contribution >= 4 is 35.3 Å². The third-order valence-electron chi connectivity index (χ3n) is 2.95. The molecule has 2 rings (SSSR count). The zero-order valence-electron chi connectivity index (χ0n) is 11.0. The molecule has 0 atom stereocenters. The van der Waals surface area contributed by atoms with E-state index in [-0.39, 0.29) is 5.91 Å². The number of hydrogen-bond acceptors (Lipinski definition) is 2. The van der Waals surface area contributed by atoms with Crippen LogP contribution in [0.5, 0.6) is 0 Å². The van der Waals surface area contributed by atoms with E-state index in [1.165, 1.54) is 6.07 Å². The number of aryl methyl sites for hydroxylation is 1. The van der Waals surface area contributed by atoms with E-state index < -0.39 is 0 Å². The predicted octanol–water partition coefficient (Wildman–Crippen LogP) is 3.40. The summed E-state index contributed by atoms with van der Waals surface area (Å²) < 4.78 is 1.96. The van der Waals surface area contributed by atoms with Gasteiger partial charge in [-0.25, -0.2) is 5.43 Å². The Kier molecular flexibility index (Phi) is 4.47. The minimum absolute atomic E-state index is 0.292. The number of hydrogen-bond donors (Lipinski definition) is 1. The first-order valence-electron chi connectivity index (χ1n) is 5.90. The fourth-order valence-electron chi connectivity index (χ4n) is 1.65. The maximum absolute atomic E-state index is 11.9. The first-order valence-corrected chi connectivity index (χ1v) is 6.65. The Hall–Kier alpha value is -1.78. The van der Waals surface area contributed by atoms with Gasteiger partial charge < -0.3 is 4.57 Å². The zero-order valence-corrected chi connectivity index (χ0v) is 12.5. The van der Waals surface area contributed by atoms with Gasteiger partial charge in [-0.3, -0.25) is 4.79 Å². The second-order valence-electron chi connectivity index (χ2n) is 4.28. The van der Waals surface area contributed by atoms with Crippen molar-refractivity contribution in [1.82, 2.24) is 9.99 Å². The molecular formula is C14H13Cl2N3O. The lowest BCUT2D eigenvalue weighted by atomic mass is 10.2. The van der Waals surface area contributed by atoms with Crippen molar-refractivity contribution in [2.75, 3.05) is 0 Å². The molecule has 20 heavy (non-hydrogen) atoms. The van der Waals surface area contributed by atoms with Crippen molar-refractivity contribution in [2.45, 2.75) is 6.92 Å². The molecule has 0 radical (unpaired) electrons. The number of amides is 1. The molecule has 0 fully saturated rings. The highest BCUT2D eigenvalue weighted by Gasteiger charge is 2.09. The molecular weight excluding hydrogens is 297 g/mol. The maximum atomic E-state index is 11.9. The van der Waals surface area contributed by atoms with Gasteiger partial charge in [0.1, 0.15) is 0 Å². The fraction of sp³-hybridized carbons (Fsp3) is 0.143. The van der Waals surface area contributed by atoms with Gasteiger partial charge in [0.25, 0.3) is 5.91 Å². The van der Waals surface area contributed by atoms with Crippen molar-refractivity contribution in [2.24, 2.45) is 12.1 Å². The minimum Gasteiger partial charge on any atom is -0.347 e. The summed E-state index contributed by atoms with van der Waals surface area (Å²) in [5, 5.41) is 4.69. The predicted molar refractivity (Wildman–Crippen MR) is 81.7 cm³/mol. The van der Waals surface area contributed by atoms with Crippen LogP contribution in [0.2, 0.25) is 10.0 Å². The normalized spacial score (nSPS) is 11.0. The van der Waals surface area contributed by atoms with E-state index in [1.54, 1.807) is 18.3 Å². The van der Waals surface area contributed by atoms with Gasteiger partial charge in [0, 0.05) is 17.8 Å². The molecule has 1 aromatic heterocycles. The highest BCUT2D eigenvalue weighted by Crippen LogP contribution is 2.20. The zero-order chi connectivity index (χ0) is 14.7. The lowest BCUT2D eigenvalue weighted by molar-refractivity contribution is 0.0955. The topological polar surface area (TPSA) is 46.4 Å². The van der Waals surface area contributed by atoms with Gasteiger partial charge >= 0.3 is 0 Å². The molecule has 0 aliphatic heterocycles. The second-order valence-corrected chi connectivity index (χ2v) is 5.13. The number of carbonyl (C=O) groups excluding carboxylic acids is 1. The van der Waals surface area contributed by atoms with Crippen LogP contribution >= 0.6 is 23.2 Å². The smallest absolute Gasteiger partial charge is 0.272 e. The number of aromatic nitrogens is 1. The largest absolute Gasteiger partial charge is 0.347 e. The first-order chi connectivity index (χ1) is 9.49. The molecule has 0 saturated heterocycles. The Balaban J connectivity index is 2.07. The molecule has 4 nitrogen and oxygen atoms in total. The summed E-state index contributed by atoms with van der Waals surface area (Å²) >= 11 is 11.7. The highest BCUT2D eigenvalue weighted by atomic mass is 35.5. The SMILES string of the molecule is Cc1ccc(/C=N/NC(=O)c2ccc(Cl)cc2Cl)n1C. The van der Waals surface area contributed by atoms with E-state index in [9.17, 15) is 4.79 Å². The van der Waals surface area contributed by atoms with Crippen molar-refractivity contribution in [3.63, 3.8) is 0 Å². The Morgan fingerprint density at radius 3 is 2.65 bits per heavy atom. The van der Waals surface area contributed by atoms with Gasteiger partial charge in [0.05, 0.1) is 22.5 Å². The molecule has 1 heterocycles. The summed E-state index contributed by atoms with van der Waals surface area (Å²) in [4.78, 5) is 11.9. The van der Waals surface area contributed by atoms with E-state index in [4.69, 9.17) is 23.2 Å². The van der Waals surface area contributed by atoms with Crippen molar-refractivity contribution in [3.05, 3.63) is 57.3 Å². The molecule has 1 aromatic carbocycles. The van der Waals surface area contributed by atoms with Crippen LogP contribution in [0, 0.1) is 6.92 Å². The van der Waals surface area contributed by atoms with Crippen LogP contribution in [-0.4, -0.2) is 16.7 Å². The summed E-state index contributed by atoms with van der Waals surface area (Å²) in [6.45, 7) is 1.99. The molecule has 2 aromatic rings. The third-order valence-corrected chi connectivity index (χ3v) is 3.50. The van der Waals surface area contributed by atoms with E-state index >= 15 is 0 Å². The highest BCUT2D eigenvalue weighted by molar-refractivity contribution is 6.36. The number of nitrogens with zero attached hydrogens (tertiary/aromatic N) is 2. The van der Waals surface area contributed by atoms with Crippen LogP contribution in [0.25, 0.3) is 0 Å². The monoisotopic (exact) mass is 309 g/mol. The van der Waals surface area contributed by atoms with Gasteiger partial charge in [-0.2, -0.15) is 5.10 Å². The Labute approximate surface area is 127 Å². The Morgan fingerprint density at radius 2 is 2.05 bits per heavy atom.